The van der Waals surface area contributed by atoms with Crippen molar-refractivity contribution < 1.29 is 18.3 Å². The first-order chi connectivity index (χ1) is 11.9. The number of hydrogen-bond donors (Lipinski definition) is 1. The van der Waals surface area contributed by atoms with Gasteiger partial charge in [-0.25, -0.2) is 18.2 Å². The molecule has 0 amide bonds. The number of carbonyl (C=O) groups is 1. The number of hydrogen-bond acceptors (Lipinski definition) is 5. The van der Waals surface area contributed by atoms with Crippen molar-refractivity contribution in [1.82, 2.24) is 13.7 Å². The van der Waals surface area contributed by atoms with Crippen LogP contribution in [0.4, 0.5) is 0 Å². The molecule has 7 nitrogen and oxygen atoms in total. The zero-order valence-corrected chi connectivity index (χ0v) is 15.1. The second kappa shape index (κ2) is 5.80. The van der Waals surface area contributed by atoms with Crippen LogP contribution >= 0.6 is 22.9 Å². The van der Waals surface area contributed by atoms with Gasteiger partial charge in [0.15, 0.2) is 15.1 Å². The highest BCUT2D eigenvalue weighted by Gasteiger charge is 2.34. The number of nitrogens with zero attached hydrogens (tertiary/aromatic N) is 3. The summed E-state index contributed by atoms with van der Waals surface area (Å²) in [4.78, 5) is 15.9. The maximum Gasteiger partial charge on any atom is 0.335 e. The van der Waals surface area contributed by atoms with Crippen LogP contribution in [0.1, 0.15) is 21.5 Å². The van der Waals surface area contributed by atoms with E-state index in [1.165, 1.54) is 26.1 Å². The van der Waals surface area contributed by atoms with Gasteiger partial charge in [-0.15, -0.1) is 11.3 Å². The highest BCUT2D eigenvalue weighted by molar-refractivity contribution is 7.89. The van der Waals surface area contributed by atoms with Crippen LogP contribution in [-0.4, -0.2) is 39.7 Å². The van der Waals surface area contributed by atoms with E-state index in [4.69, 9.17) is 11.6 Å². The molecule has 10 heteroatoms. The normalized spacial score (nSPS) is 15.4. The molecule has 0 saturated carbocycles. The van der Waals surface area contributed by atoms with Gasteiger partial charge < -0.3 is 5.11 Å². The van der Waals surface area contributed by atoms with E-state index in [1.807, 2.05) is 0 Å². The van der Waals surface area contributed by atoms with Crippen LogP contribution in [0.2, 0.25) is 5.15 Å². The maximum absolute atomic E-state index is 13.1. The van der Waals surface area contributed by atoms with E-state index >= 15 is 0 Å². The number of carboxylic acid groups (broad SMARTS) is 1. The molecule has 3 heterocycles. The summed E-state index contributed by atoms with van der Waals surface area (Å²) in [5.41, 5.74) is 1.59. The van der Waals surface area contributed by atoms with Crippen molar-refractivity contribution in [2.24, 2.45) is 0 Å². The maximum atomic E-state index is 13.1. The lowest BCUT2D eigenvalue weighted by molar-refractivity contribution is 0.0695. The molecule has 130 valence electrons. The number of fused-ring (bicyclic) bond motifs is 2. The summed E-state index contributed by atoms with van der Waals surface area (Å²) in [5, 5.41) is 10.9. The smallest absolute Gasteiger partial charge is 0.335 e. The summed E-state index contributed by atoms with van der Waals surface area (Å²) in [7, 11) is -3.86. The van der Waals surface area contributed by atoms with Gasteiger partial charge >= 0.3 is 5.97 Å². The van der Waals surface area contributed by atoms with Crippen molar-refractivity contribution in [3.63, 3.8) is 0 Å². The average Bonchev–Trinajstić information content (AvgIpc) is 3.13. The Morgan fingerprint density at radius 3 is 2.92 bits per heavy atom. The first-order valence-electron chi connectivity index (χ1n) is 7.35. The summed E-state index contributed by atoms with van der Waals surface area (Å²) in [6.45, 7) is 0.291. The van der Waals surface area contributed by atoms with Gasteiger partial charge in [-0.2, -0.15) is 4.31 Å². The number of imidazole rings is 1. The van der Waals surface area contributed by atoms with Gasteiger partial charge in [0.05, 0.1) is 5.56 Å². The van der Waals surface area contributed by atoms with Crippen molar-refractivity contribution >= 4 is 43.9 Å². The lowest BCUT2D eigenvalue weighted by Gasteiger charge is -2.28. The van der Waals surface area contributed by atoms with Crippen molar-refractivity contribution in [2.75, 3.05) is 6.54 Å². The zero-order chi connectivity index (χ0) is 17.8. The third-order valence-corrected chi connectivity index (χ3v) is 7.23. The molecule has 0 radical (unpaired) electrons. The largest absolute Gasteiger partial charge is 0.478 e. The van der Waals surface area contributed by atoms with Crippen LogP contribution in [-0.2, 0) is 23.0 Å². The van der Waals surface area contributed by atoms with E-state index in [0.717, 1.165) is 0 Å². The molecule has 1 aliphatic rings. The Bertz CT molecular complexity index is 1100. The molecule has 0 saturated heterocycles. The zero-order valence-electron chi connectivity index (χ0n) is 12.7. The van der Waals surface area contributed by atoms with E-state index in [9.17, 15) is 18.3 Å². The molecular formula is C15H12ClN3O4S2. The minimum Gasteiger partial charge on any atom is -0.478 e. The van der Waals surface area contributed by atoms with Crippen molar-refractivity contribution in [2.45, 2.75) is 18.0 Å². The SMILES string of the molecule is O=C(O)c1cccc2c1CCN(S(=O)(=O)c1c(Cl)nc3sccn13)C2. The molecule has 2 aromatic heterocycles. The molecule has 0 atom stereocenters. The van der Waals surface area contributed by atoms with Gasteiger partial charge in [0, 0.05) is 24.7 Å². The Balaban J connectivity index is 1.76. The molecule has 4 rings (SSSR count). The van der Waals surface area contributed by atoms with Crippen LogP contribution in [0.3, 0.4) is 0 Å². The Labute approximate surface area is 152 Å². The van der Waals surface area contributed by atoms with E-state index in [-0.39, 0.29) is 28.8 Å². The summed E-state index contributed by atoms with van der Waals surface area (Å²) in [6.07, 6.45) is 1.95. The van der Waals surface area contributed by atoms with E-state index in [2.05, 4.69) is 4.98 Å². The molecule has 1 aromatic carbocycles. The second-order valence-corrected chi connectivity index (χ2v) is 8.68. The Morgan fingerprint density at radius 2 is 2.16 bits per heavy atom. The molecule has 0 unspecified atom stereocenters. The standard InChI is InChI=1S/C15H12ClN3O4S2/c16-12-13(19-6-7-24-15(19)17-12)25(22,23)18-5-4-10-9(8-18)2-1-3-11(10)14(20)21/h1-3,6-7H,4-5,8H2,(H,20,21). The van der Waals surface area contributed by atoms with Crippen molar-refractivity contribution in [3.8, 4) is 0 Å². The predicted molar refractivity (Wildman–Crippen MR) is 92.8 cm³/mol. The van der Waals surface area contributed by atoms with Crippen LogP contribution in [0.25, 0.3) is 4.96 Å². The average molecular weight is 398 g/mol. The molecule has 25 heavy (non-hydrogen) atoms. The number of benzene rings is 1. The number of carboxylic acids is 1. The lowest BCUT2D eigenvalue weighted by atomic mass is 9.95. The van der Waals surface area contributed by atoms with Gasteiger partial charge in [-0.3, -0.25) is 4.40 Å². The Morgan fingerprint density at radius 1 is 1.36 bits per heavy atom. The molecular weight excluding hydrogens is 386 g/mol. The van der Waals surface area contributed by atoms with Crippen LogP contribution in [0.15, 0.2) is 34.8 Å². The minimum absolute atomic E-state index is 0.0525. The second-order valence-electron chi connectivity index (χ2n) is 5.60. The molecule has 3 aromatic rings. The first-order valence-corrected chi connectivity index (χ1v) is 10.0. The lowest BCUT2D eigenvalue weighted by Crippen LogP contribution is -2.37. The number of halogens is 1. The first kappa shape index (κ1) is 16.5. The summed E-state index contributed by atoms with van der Waals surface area (Å²) < 4.78 is 28.9. The Hall–Kier alpha value is -1.94. The van der Waals surface area contributed by atoms with Crippen molar-refractivity contribution in [3.05, 3.63) is 51.6 Å². The van der Waals surface area contributed by atoms with Gasteiger partial charge in [0.25, 0.3) is 10.0 Å². The fraction of sp³-hybridized carbons (Fsp3) is 0.200. The van der Waals surface area contributed by atoms with Gasteiger partial charge in [-0.1, -0.05) is 23.7 Å². The molecule has 0 bridgehead atoms. The fourth-order valence-electron chi connectivity index (χ4n) is 3.08. The van der Waals surface area contributed by atoms with E-state index < -0.39 is 16.0 Å². The number of sulfonamides is 1. The number of rotatable bonds is 3. The quantitative estimate of drug-likeness (QED) is 0.733. The van der Waals surface area contributed by atoms with Gasteiger partial charge in [-0.05, 0) is 23.6 Å². The molecule has 0 aliphatic carbocycles. The van der Waals surface area contributed by atoms with Crippen LogP contribution in [0.5, 0.6) is 0 Å². The summed E-state index contributed by atoms with van der Waals surface area (Å²) in [5.74, 6) is -1.01. The molecule has 0 fully saturated rings. The number of thiazole rings is 1. The van der Waals surface area contributed by atoms with Crippen LogP contribution < -0.4 is 0 Å². The third-order valence-electron chi connectivity index (χ3n) is 4.22. The molecule has 0 spiro atoms. The highest BCUT2D eigenvalue weighted by Crippen LogP contribution is 2.31. The number of aromatic nitrogens is 2. The third kappa shape index (κ3) is 2.54. The predicted octanol–water partition coefficient (Wildman–Crippen LogP) is 2.49. The molecule has 1 N–H and O–H groups in total. The fourth-order valence-corrected chi connectivity index (χ4v) is 5.91. The van der Waals surface area contributed by atoms with Crippen molar-refractivity contribution in [1.29, 1.82) is 0 Å². The number of aromatic carboxylic acids is 1. The highest BCUT2D eigenvalue weighted by atomic mass is 35.5. The topological polar surface area (TPSA) is 92.0 Å². The monoisotopic (exact) mass is 397 g/mol. The minimum atomic E-state index is -3.86. The molecule has 1 aliphatic heterocycles. The van der Waals surface area contributed by atoms with E-state index in [0.29, 0.717) is 22.5 Å². The van der Waals surface area contributed by atoms with Gasteiger partial charge in [0.2, 0.25) is 0 Å². The summed E-state index contributed by atoms with van der Waals surface area (Å²) >= 11 is 7.37. The Kier molecular flexibility index (Phi) is 3.84. The van der Waals surface area contributed by atoms with E-state index in [1.54, 1.807) is 23.7 Å². The van der Waals surface area contributed by atoms with Gasteiger partial charge in [0.1, 0.15) is 0 Å². The van der Waals surface area contributed by atoms with Crippen LogP contribution in [0, 0.1) is 0 Å². The summed E-state index contributed by atoms with van der Waals surface area (Å²) in [6, 6.07) is 4.91.